The summed E-state index contributed by atoms with van der Waals surface area (Å²) in [7, 11) is 3.10. The lowest BCUT2D eigenvalue weighted by atomic mass is 10.0. The summed E-state index contributed by atoms with van der Waals surface area (Å²) in [5.74, 6) is 0.849. The minimum Gasteiger partial charge on any atom is -0.493 e. The predicted octanol–water partition coefficient (Wildman–Crippen LogP) is 6.42. The molecule has 9 heteroatoms. The van der Waals surface area contributed by atoms with E-state index in [-0.39, 0.29) is 12.2 Å². The molecule has 0 spiro atoms. The number of rotatable bonds is 10. The summed E-state index contributed by atoms with van der Waals surface area (Å²) in [6.07, 6.45) is 3.06. The van der Waals surface area contributed by atoms with E-state index in [1.54, 1.807) is 44.7 Å². The highest BCUT2D eigenvalue weighted by Crippen LogP contribution is 2.39. The lowest BCUT2D eigenvalue weighted by molar-refractivity contribution is -0.111. The first kappa shape index (κ1) is 26.3. The van der Waals surface area contributed by atoms with Gasteiger partial charge in [0.25, 0.3) is 0 Å². The van der Waals surface area contributed by atoms with Crippen LogP contribution in [0.4, 0.5) is 5.00 Å². The number of hydrogen-bond acceptors (Lipinski definition) is 7. The number of ether oxygens (including phenoxy) is 4. The van der Waals surface area contributed by atoms with Crippen molar-refractivity contribution in [1.29, 1.82) is 0 Å². The number of carbonyl (C=O) groups excluding carboxylic acids is 2. The maximum atomic E-state index is 12.9. The Morgan fingerprint density at radius 3 is 2.43 bits per heavy atom. The first-order valence-corrected chi connectivity index (χ1v) is 12.5. The molecule has 3 rings (SSSR count). The van der Waals surface area contributed by atoms with Crippen LogP contribution in [0.25, 0.3) is 17.2 Å². The highest BCUT2D eigenvalue weighted by Gasteiger charge is 2.23. The van der Waals surface area contributed by atoms with E-state index in [0.29, 0.717) is 34.4 Å². The number of anilines is 1. The molecule has 184 valence electrons. The van der Waals surface area contributed by atoms with Crippen LogP contribution in [-0.4, -0.2) is 39.3 Å². The second kappa shape index (κ2) is 12.4. The van der Waals surface area contributed by atoms with Crippen LogP contribution in [0.2, 0.25) is 0 Å². The third kappa shape index (κ3) is 6.43. The van der Waals surface area contributed by atoms with E-state index in [9.17, 15) is 9.59 Å². The Balaban J connectivity index is 1.92. The third-order valence-electron chi connectivity index (χ3n) is 4.89. The SMILES string of the molecule is CCOC(=O)c1c(-c2ccc(OC)c(OC)c2)csc1NC(=O)/C=C/c1cc(Br)ccc1OCC. The van der Waals surface area contributed by atoms with E-state index in [2.05, 4.69) is 21.2 Å². The molecule has 1 heterocycles. The summed E-state index contributed by atoms with van der Waals surface area (Å²) in [4.78, 5) is 25.6. The van der Waals surface area contributed by atoms with E-state index in [4.69, 9.17) is 18.9 Å². The molecule has 0 atom stereocenters. The molecule has 0 aliphatic carbocycles. The van der Waals surface area contributed by atoms with Crippen molar-refractivity contribution in [2.24, 2.45) is 0 Å². The Labute approximate surface area is 216 Å². The summed E-state index contributed by atoms with van der Waals surface area (Å²) in [5, 5.41) is 5.00. The van der Waals surface area contributed by atoms with Crippen molar-refractivity contribution in [2.45, 2.75) is 13.8 Å². The van der Waals surface area contributed by atoms with Gasteiger partial charge in [0, 0.05) is 27.1 Å². The van der Waals surface area contributed by atoms with Crippen LogP contribution in [0.15, 0.2) is 52.3 Å². The van der Waals surface area contributed by atoms with Gasteiger partial charge in [-0.2, -0.15) is 0 Å². The van der Waals surface area contributed by atoms with Gasteiger partial charge >= 0.3 is 5.97 Å². The highest BCUT2D eigenvalue weighted by atomic mass is 79.9. The molecule has 2 aromatic carbocycles. The van der Waals surface area contributed by atoms with Crippen molar-refractivity contribution in [3.8, 4) is 28.4 Å². The zero-order chi connectivity index (χ0) is 25.4. The van der Waals surface area contributed by atoms with Crippen molar-refractivity contribution in [3.05, 3.63) is 63.5 Å². The molecule has 7 nitrogen and oxygen atoms in total. The maximum absolute atomic E-state index is 12.9. The summed E-state index contributed by atoms with van der Waals surface area (Å²) < 4.78 is 22.5. The molecule has 0 unspecified atom stereocenters. The number of carbonyl (C=O) groups is 2. The van der Waals surface area contributed by atoms with Crippen molar-refractivity contribution < 1.29 is 28.5 Å². The zero-order valence-electron chi connectivity index (χ0n) is 19.8. The van der Waals surface area contributed by atoms with Crippen molar-refractivity contribution >= 4 is 50.2 Å². The smallest absolute Gasteiger partial charge is 0.341 e. The van der Waals surface area contributed by atoms with Gasteiger partial charge in [0.05, 0.1) is 27.4 Å². The second-order valence-electron chi connectivity index (χ2n) is 7.08. The molecule has 0 saturated heterocycles. The monoisotopic (exact) mass is 559 g/mol. The van der Waals surface area contributed by atoms with E-state index < -0.39 is 11.9 Å². The number of thiophene rings is 1. The van der Waals surface area contributed by atoms with Gasteiger partial charge in [-0.05, 0) is 55.8 Å². The first-order valence-electron chi connectivity index (χ1n) is 10.8. The molecule has 0 fully saturated rings. The molecule has 0 aliphatic heterocycles. The third-order valence-corrected chi connectivity index (χ3v) is 6.28. The van der Waals surface area contributed by atoms with Crippen LogP contribution in [-0.2, 0) is 9.53 Å². The standard InChI is InChI=1S/C26H26BrNO6S/c1-5-33-20-11-9-18(27)13-17(20)8-12-23(29)28-25-24(26(30)34-6-2)19(15-35-25)16-7-10-21(31-3)22(14-16)32-4/h7-15H,5-6H2,1-4H3,(H,28,29)/b12-8+. The van der Waals surface area contributed by atoms with E-state index in [0.717, 1.165) is 15.6 Å². The van der Waals surface area contributed by atoms with Crippen molar-refractivity contribution in [2.75, 3.05) is 32.8 Å². The second-order valence-corrected chi connectivity index (χ2v) is 8.88. The van der Waals surface area contributed by atoms with Gasteiger partial charge in [-0.25, -0.2) is 4.79 Å². The fourth-order valence-corrected chi connectivity index (χ4v) is 4.67. The molecule has 35 heavy (non-hydrogen) atoms. The van der Waals surface area contributed by atoms with E-state index >= 15 is 0 Å². The van der Waals surface area contributed by atoms with Crippen LogP contribution in [0.1, 0.15) is 29.8 Å². The van der Waals surface area contributed by atoms with Gasteiger partial charge in [-0.15, -0.1) is 11.3 Å². The number of amides is 1. The van der Waals surface area contributed by atoms with Gasteiger partial charge in [0.1, 0.15) is 16.3 Å². The van der Waals surface area contributed by atoms with Gasteiger partial charge in [-0.3, -0.25) is 4.79 Å². The molecule has 1 amide bonds. The molecule has 1 aromatic heterocycles. The van der Waals surface area contributed by atoms with Crippen LogP contribution in [0.3, 0.4) is 0 Å². The molecule has 0 bridgehead atoms. The Hall–Kier alpha value is -3.30. The quantitative estimate of drug-likeness (QED) is 0.228. The fourth-order valence-electron chi connectivity index (χ4n) is 3.33. The summed E-state index contributed by atoms with van der Waals surface area (Å²) >= 11 is 4.68. The Bertz CT molecular complexity index is 1240. The number of esters is 1. The van der Waals surface area contributed by atoms with Crippen LogP contribution < -0.4 is 19.5 Å². The van der Waals surface area contributed by atoms with Gasteiger partial charge in [-0.1, -0.05) is 22.0 Å². The molecular weight excluding hydrogens is 534 g/mol. The number of methoxy groups -OCH3 is 2. The van der Waals surface area contributed by atoms with Gasteiger partial charge < -0.3 is 24.3 Å². The van der Waals surface area contributed by atoms with E-state index in [1.165, 1.54) is 17.4 Å². The van der Waals surface area contributed by atoms with Crippen LogP contribution in [0, 0.1) is 0 Å². The number of benzene rings is 2. The summed E-state index contributed by atoms with van der Waals surface area (Å²) in [5.41, 5.74) is 2.38. The lowest BCUT2D eigenvalue weighted by Gasteiger charge is -2.11. The van der Waals surface area contributed by atoms with Gasteiger partial charge in [0.15, 0.2) is 11.5 Å². The fraction of sp³-hybridized carbons (Fsp3) is 0.231. The molecular formula is C26H26BrNO6S. The molecule has 0 radical (unpaired) electrons. The number of hydrogen-bond donors (Lipinski definition) is 1. The normalized spacial score (nSPS) is 10.8. The molecule has 0 aliphatic rings. The number of nitrogens with one attached hydrogen (secondary N) is 1. The van der Waals surface area contributed by atoms with Crippen molar-refractivity contribution in [1.82, 2.24) is 0 Å². The molecule has 1 N–H and O–H groups in total. The first-order chi connectivity index (χ1) is 16.9. The topological polar surface area (TPSA) is 83.1 Å². The van der Waals surface area contributed by atoms with Crippen LogP contribution >= 0.6 is 27.3 Å². The van der Waals surface area contributed by atoms with E-state index in [1.807, 2.05) is 31.2 Å². The van der Waals surface area contributed by atoms with Crippen molar-refractivity contribution in [3.63, 3.8) is 0 Å². The minimum atomic E-state index is -0.525. The highest BCUT2D eigenvalue weighted by molar-refractivity contribution is 9.10. The Kier molecular flexibility index (Phi) is 9.33. The molecule has 0 saturated carbocycles. The van der Waals surface area contributed by atoms with Gasteiger partial charge in [0.2, 0.25) is 5.91 Å². The summed E-state index contributed by atoms with van der Waals surface area (Å²) in [6, 6.07) is 10.9. The Morgan fingerprint density at radius 1 is 1.00 bits per heavy atom. The average Bonchev–Trinajstić information content (AvgIpc) is 3.27. The maximum Gasteiger partial charge on any atom is 0.341 e. The zero-order valence-corrected chi connectivity index (χ0v) is 22.2. The predicted molar refractivity (Wildman–Crippen MR) is 142 cm³/mol. The van der Waals surface area contributed by atoms with Crippen LogP contribution in [0.5, 0.6) is 17.2 Å². The summed E-state index contributed by atoms with van der Waals surface area (Å²) in [6.45, 7) is 4.34. The average molecular weight is 560 g/mol. The minimum absolute atomic E-state index is 0.205. The lowest BCUT2D eigenvalue weighted by Crippen LogP contribution is -2.12. The number of halogens is 1. The Morgan fingerprint density at radius 2 is 1.74 bits per heavy atom. The molecule has 3 aromatic rings. The largest absolute Gasteiger partial charge is 0.493 e.